The van der Waals surface area contributed by atoms with Gasteiger partial charge in [0.25, 0.3) is 10.0 Å². The van der Waals surface area contributed by atoms with Gasteiger partial charge in [0.15, 0.2) is 0 Å². The maximum atomic E-state index is 12.3. The van der Waals surface area contributed by atoms with E-state index >= 15 is 0 Å². The molecule has 1 saturated heterocycles. The first-order valence-corrected chi connectivity index (χ1v) is 8.55. The van der Waals surface area contributed by atoms with E-state index in [1.54, 1.807) is 23.2 Å². The molecule has 0 aliphatic carbocycles. The fourth-order valence-electron chi connectivity index (χ4n) is 2.47. The molecule has 0 saturated carbocycles. The normalized spacial score (nSPS) is 17.3. The van der Waals surface area contributed by atoms with Crippen LogP contribution in [0.2, 0.25) is 0 Å². The van der Waals surface area contributed by atoms with E-state index in [1.807, 2.05) is 6.92 Å². The molecular weight excluding hydrogens is 276 g/mol. The van der Waals surface area contributed by atoms with E-state index in [2.05, 4.69) is 4.83 Å². The molecule has 0 bridgehead atoms. The lowest BCUT2D eigenvalue weighted by Gasteiger charge is -2.26. The third kappa shape index (κ3) is 3.58. The van der Waals surface area contributed by atoms with Gasteiger partial charge in [-0.2, -0.15) is 0 Å². The largest absolute Gasteiger partial charge is 0.392 e. The quantitative estimate of drug-likeness (QED) is 0.862. The van der Waals surface area contributed by atoms with Gasteiger partial charge in [-0.05, 0) is 42.5 Å². The molecule has 20 heavy (non-hydrogen) atoms. The summed E-state index contributed by atoms with van der Waals surface area (Å²) in [6.07, 6.45) is 3.95. The van der Waals surface area contributed by atoms with Gasteiger partial charge in [-0.3, -0.25) is 0 Å². The fourth-order valence-corrected chi connectivity index (χ4v) is 3.64. The molecule has 112 valence electrons. The topological polar surface area (TPSA) is 69.6 Å². The summed E-state index contributed by atoms with van der Waals surface area (Å²) < 4.78 is 24.7. The van der Waals surface area contributed by atoms with Crippen molar-refractivity contribution in [1.29, 1.82) is 0 Å². The molecule has 0 spiro atoms. The van der Waals surface area contributed by atoms with E-state index in [0.29, 0.717) is 5.56 Å². The molecule has 6 heteroatoms. The van der Waals surface area contributed by atoms with Crippen molar-refractivity contribution < 1.29 is 13.5 Å². The summed E-state index contributed by atoms with van der Waals surface area (Å²) in [6.45, 7) is 3.34. The predicted molar refractivity (Wildman–Crippen MR) is 77.5 cm³/mol. The van der Waals surface area contributed by atoms with Gasteiger partial charge in [0.05, 0.1) is 11.5 Å². The second kappa shape index (κ2) is 6.67. The summed E-state index contributed by atoms with van der Waals surface area (Å²) in [5, 5.41) is 11.1. The molecule has 1 aliphatic rings. The molecule has 0 radical (unpaired) electrons. The van der Waals surface area contributed by atoms with Gasteiger partial charge in [0.2, 0.25) is 0 Å². The third-order valence-corrected chi connectivity index (χ3v) is 5.02. The number of aliphatic hydroxyl groups is 1. The van der Waals surface area contributed by atoms with E-state index < -0.39 is 10.0 Å². The highest BCUT2D eigenvalue weighted by molar-refractivity contribution is 7.89. The Hall–Kier alpha value is -0.950. The predicted octanol–water partition coefficient (Wildman–Crippen LogP) is 1.42. The van der Waals surface area contributed by atoms with E-state index in [9.17, 15) is 13.5 Å². The monoisotopic (exact) mass is 298 g/mol. The van der Waals surface area contributed by atoms with Gasteiger partial charge in [0, 0.05) is 13.1 Å². The standard InChI is InChI=1S/C14H22N2O3S/c1-2-12-6-7-14(10-13(12)11-17)20(18,19)15-16-8-4-3-5-9-16/h6-7,10,15,17H,2-5,8-9,11H2,1H3. The first kappa shape index (κ1) is 15.4. The van der Waals surface area contributed by atoms with Crippen molar-refractivity contribution in [2.24, 2.45) is 0 Å². The van der Waals surface area contributed by atoms with E-state index in [4.69, 9.17) is 0 Å². The van der Waals surface area contributed by atoms with Crippen molar-refractivity contribution in [1.82, 2.24) is 9.84 Å². The van der Waals surface area contributed by atoms with Crippen LogP contribution >= 0.6 is 0 Å². The van der Waals surface area contributed by atoms with Crippen LogP contribution in [0.5, 0.6) is 0 Å². The molecule has 1 aromatic rings. The molecule has 0 atom stereocenters. The Morgan fingerprint density at radius 3 is 2.50 bits per heavy atom. The Bertz CT molecular complexity index is 552. The number of hydrazine groups is 1. The fraction of sp³-hybridized carbons (Fsp3) is 0.571. The SMILES string of the molecule is CCc1ccc(S(=O)(=O)NN2CCCCC2)cc1CO. The van der Waals surface area contributed by atoms with Gasteiger partial charge in [-0.15, -0.1) is 4.83 Å². The summed E-state index contributed by atoms with van der Waals surface area (Å²) in [4.78, 5) is 2.84. The molecule has 1 fully saturated rings. The molecule has 0 unspecified atom stereocenters. The molecule has 5 nitrogen and oxygen atoms in total. The van der Waals surface area contributed by atoms with Crippen molar-refractivity contribution in [3.05, 3.63) is 29.3 Å². The molecular formula is C14H22N2O3S. The molecule has 0 aromatic heterocycles. The highest BCUT2D eigenvalue weighted by Gasteiger charge is 2.20. The Balaban J connectivity index is 2.20. The maximum absolute atomic E-state index is 12.3. The number of sulfonamides is 1. The van der Waals surface area contributed by atoms with Crippen LogP contribution in [0, 0.1) is 0 Å². The van der Waals surface area contributed by atoms with Crippen LogP contribution in [0.15, 0.2) is 23.1 Å². The first-order chi connectivity index (χ1) is 9.56. The number of benzene rings is 1. The molecule has 2 rings (SSSR count). The summed E-state index contributed by atoms with van der Waals surface area (Å²) >= 11 is 0. The Morgan fingerprint density at radius 2 is 1.90 bits per heavy atom. The lowest BCUT2D eigenvalue weighted by atomic mass is 10.1. The zero-order valence-corrected chi connectivity index (χ0v) is 12.6. The highest BCUT2D eigenvalue weighted by atomic mass is 32.2. The number of aryl methyl sites for hydroxylation is 1. The van der Waals surface area contributed by atoms with Crippen LogP contribution in [0.25, 0.3) is 0 Å². The minimum absolute atomic E-state index is 0.143. The van der Waals surface area contributed by atoms with Gasteiger partial charge in [-0.25, -0.2) is 13.4 Å². The number of nitrogens with one attached hydrogen (secondary N) is 1. The van der Waals surface area contributed by atoms with Crippen LogP contribution in [0.4, 0.5) is 0 Å². The second-order valence-electron chi connectivity index (χ2n) is 5.08. The van der Waals surface area contributed by atoms with Crippen LogP contribution in [0.1, 0.15) is 37.3 Å². The summed E-state index contributed by atoms with van der Waals surface area (Å²) in [6, 6.07) is 4.94. The van der Waals surface area contributed by atoms with Crippen molar-refractivity contribution >= 4 is 10.0 Å². The van der Waals surface area contributed by atoms with Crippen LogP contribution in [0.3, 0.4) is 0 Å². The summed E-state index contributed by atoms with van der Waals surface area (Å²) in [5.41, 5.74) is 1.65. The molecule has 1 aromatic carbocycles. The maximum Gasteiger partial charge on any atom is 0.253 e. The average molecular weight is 298 g/mol. The number of rotatable bonds is 5. The van der Waals surface area contributed by atoms with Gasteiger partial charge in [-0.1, -0.05) is 19.4 Å². The van der Waals surface area contributed by atoms with Crippen molar-refractivity contribution in [2.45, 2.75) is 44.1 Å². The molecule has 0 amide bonds. The number of nitrogens with zero attached hydrogens (tertiary/aromatic N) is 1. The van der Waals surface area contributed by atoms with Gasteiger partial charge >= 0.3 is 0 Å². The minimum atomic E-state index is -3.55. The summed E-state index contributed by atoms with van der Waals surface area (Å²) in [5.74, 6) is 0. The Morgan fingerprint density at radius 1 is 1.20 bits per heavy atom. The molecule has 1 heterocycles. The molecule has 2 N–H and O–H groups in total. The number of hydrogen-bond donors (Lipinski definition) is 2. The van der Waals surface area contributed by atoms with Crippen LogP contribution < -0.4 is 4.83 Å². The minimum Gasteiger partial charge on any atom is -0.392 e. The zero-order chi connectivity index (χ0) is 14.6. The third-order valence-electron chi connectivity index (χ3n) is 3.64. The van der Waals surface area contributed by atoms with E-state index in [-0.39, 0.29) is 11.5 Å². The van der Waals surface area contributed by atoms with Gasteiger partial charge < -0.3 is 5.11 Å². The molecule has 1 aliphatic heterocycles. The summed E-state index contributed by atoms with van der Waals surface area (Å²) in [7, 11) is -3.55. The van der Waals surface area contributed by atoms with Crippen molar-refractivity contribution in [3.63, 3.8) is 0 Å². The zero-order valence-electron chi connectivity index (χ0n) is 11.8. The van der Waals surface area contributed by atoms with E-state index in [1.165, 1.54) is 0 Å². The second-order valence-corrected chi connectivity index (χ2v) is 6.75. The highest BCUT2D eigenvalue weighted by Crippen LogP contribution is 2.18. The average Bonchev–Trinajstić information content (AvgIpc) is 2.47. The lowest BCUT2D eigenvalue weighted by molar-refractivity contribution is 0.200. The van der Waals surface area contributed by atoms with Crippen molar-refractivity contribution in [3.8, 4) is 0 Å². The lowest BCUT2D eigenvalue weighted by Crippen LogP contribution is -2.44. The van der Waals surface area contributed by atoms with Crippen LogP contribution in [-0.2, 0) is 23.1 Å². The number of piperidine rings is 1. The van der Waals surface area contributed by atoms with Crippen LogP contribution in [-0.4, -0.2) is 31.6 Å². The first-order valence-electron chi connectivity index (χ1n) is 7.07. The van der Waals surface area contributed by atoms with E-state index in [0.717, 1.165) is 44.3 Å². The number of hydrogen-bond acceptors (Lipinski definition) is 4. The number of aliphatic hydroxyl groups excluding tert-OH is 1. The Kier molecular flexibility index (Phi) is 5.15. The van der Waals surface area contributed by atoms with Crippen molar-refractivity contribution in [2.75, 3.05) is 13.1 Å². The Labute approximate surface area is 120 Å². The van der Waals surface area contributed by atoms with Gasteiger partial charge in [0.1, 0.15) is 0 Å². The smallest absolute Gasteiger partial charge is 0.253 e.